The standard InChI is InChI=1S/C18H25FN2O2/c1-4-8-21(18(22)9-13(2)3)12-16-11-17(20-23-16)14-6-5-7-15(19)10-14/h5-7,10,13,16H,4,8-9,11-12H2,1-3H3/t16-/m0/s1. The van der Waals surface area contributed by atoms with Gasteiger partial charge in [0.15, 0.2) is 6.10 Å². The van der Waals surface area contributed by atoms with Crippen LogP contribution in [0.25, 0.3) is 0 Å². The predicted octanol–water partition coefficient (Wildman–Crippen LogP) is 3.60. The number of carbonyl (C=O) groups is 1. The van der Waals surface area contributed by atoms with Gasteiger partial charge in [0.05, 0.1) is 12.3 Å². The van der Waals surface area contributed by atoms with E-state index in [9.17, 15) is 9.18 Å². The zero-order chi connectivity index (χ0) is 16.8. The van der Waals surface area contributed by atoms with Gasteiger partial charge in [-0.3, -0.25) is 4.79 Å². The number of hydrogen-bond donors (Lipinski definition) is 0. The Kier molecular flexibility index (Phi) is 6.13. The van der Waals surface area contributed by atoms with Crippen molar-refractivity contribution in [1.29, 1.82) is 0 Å². The number of halogens is 1. The molecule has 1 heterocycles. The summed E-state index contributed by atoms with van der Waals surface area (Å²) in [6.45, 7) is 7.39. The molecular formula is C18H25FN2O2. The number of carbonyl (C=O) groups excluding carboxylic acids is 1. The lowest BCUT2D eigenvalue weighted by Gasteiger charge is -2.25. The Morgan fingerprint density at radius 1 is 1.48 bits per heavy atom. The zero-order valence-corrected chi connectivity index (χ0v) is 14.1. The van der Waals surface area contributed by atoms with Gasteiger partial charge in [0.25, 0.3) is 0 Å². The van der Waals surface area contributed by atoms with Crippen molar-refractivity contribution < 1.29 is 14.0 Å². The average Bonchev–Trinajstić information content (AvgIpc) is 2.95. The number of oxime groups is 1. The maximum absolute atomic E-state index is 13.3. The van der Waals surface area contributed by atoms with Crippen LogP contribution < -0.4 is 0 Å². The van der Waals surface area contributed by atoms with Crippen molar-refractivity contribution in [3.63, 3.8) is 0 Å². The van der Waals surface area contributed by atoms with Crippen molar-refractivity contribution in [3.05, 3.63) is 35.6 Å². The quantitative estimate of drug-likeness (QED) is 0.770. The van der Waals surface area contributed by atoms with E-state index in [1.807, 2.05) is 24.8 Å². The SMILES string of the molecule is CCCN(C[C@@H]1CC(c2cccc(F)c2)=NO1)C(=O)CC(C)C. The molecule has 1 aromatic carbocycles. The largest absolute Gasteiger partial charge is 0.390 e. The lowest BCUT2D eigenvalue weighted by Crippen LogP contribution is -2.38. The second-order valence-corrected chi connectivity index (χ2v) is 6.42. The molecule has 0 fully saturated rings. The summed E-state index contributed by atoms with van der Waals surface area (Å²) in [5, 5.41) is 4.07. The minimum Gasteiger partial charge on any atom is -0.390 e. The molecule has 1 aliphatic rings. The molecule has 1 aliphatic heterocycles. The van der Waals surface area contributed by atoms with E-state index in [0.717, 1.165) is 24.2 Å². The van der Waals surface area contributed by atoms with Crippen LogP contribution in [0.1, 0.15) is 45.6 Å². The van der Waals surface area contributed by atoms with Crippen LogP contribution in [0.2, 0.25) is 0 Å². The molecule has 0 aromatic heterocycles. The Bertz CT molecular complexity index is 572. The van der Waals surface area contributed by atoms with Crippen LogP contribution in [0, 0.1) is 11.7 Å². The molecule has 2 rings (SSSR count). The first-order valence-electron chi connectivity index (χ1n) is 8.26. The normalized spacial score (nSPS) is 17.1. The van der Waals surface area contributed by atoms with Gasteiger partial charge in [-0.1, -0.05) is 38.1 Å². The van der Waals surface area contributed by atoms with Crippen LogP contribution >= 0.6 is 0 Å². The van der Waals surface area contributed by atoms with E-state index in [2.05, 4.69) is 12.1 Å². The van der Waals surface area contributed by atoms with E-state index in [4.69, 9.17) is 4.84 Å². The highest BCUT2D eigenvalue weighted by Crippen LogP contribution is 2.19. The van der Waals surface area contributed by atoms with E-state index in [1.54, 1.807) is 6.07 Å². The number of nitrogens with zero attached hydrogens (tertiary/aromatic N) is 2. The Labute approximate surface area is 137 Å². The highest BCUT2D eigenvalue weighted by molar-refractivity contribution is 6.01. The van der Waals surface area contributed by atoms with E-state index in [-0.39, 0.29) is 17.8 Å². The fraction of sp³-hybridized carbons (Fsp3) is 0.556. The summed E-state index contributed by atoms with van der Waals surface area (Å²) in [6, 6.07) is 6.35. The van der Waals surface area contributed by atoms with Gasteiger partial charge in [0.2, 0.25) is 5.91 Å². The fourth-order valence-corrected chi connectivity index (χ4v) is 2.68. The maximum Gasteiger partial charge on any atom is 0.222 e. The Hall–Kier alpha value is -1.91. The summed E-state index contributed by atoms with van der Waals surface area (Å²) in [4.78, 5) is 19.6. The van der Waals surface area contributed by atoms with Crippen LogP contribution in [0.5, 0.6) is 0 Å². The van der Waals surface area contributed by atoms with E-state index in [0.29, 0.717) is 25.3 Å². The molecule has 23 heavy (non-hydrogen) atoms. The molecule has 0 bridgehead atoms. The first kappa shape index (κ1) is 17.4. The fourth-order valence-electron chi connectivity index (χ4n) is 2.68. The van der Waals surface area contributed by atoms with Gasteiger partial charge in [-0.05, 0) is 24.5 Å². The molecule has 0 spiro atoms. The van der Waals surface area contributed by atoms with Crippen molar-refractivity contribution >= 4 is 11.6 Å². The third-order valence-corrected chi connectivity index (χ3v) is 3.74. The molecule has 1 atom stereocenters. The summed E-state index contributed by atoms with van der Waals surface area (Å²) < 4.78 is 13.3. The van der Waals surface area contributed by atoms with Crippen LogP contribution in [-0.2, 0) is 9.63 Å². The molecule has 5 heteroatoms. The van der Waals surface area contributed by atoms with E-state index >= 15 is 0 Å². The Morgan fingerprint density at radius 3 is 2.91 bits per heavy atom. The molecule has 0 saturated carbocycles. The number of rotatable bonds is 7. The summed E-state index contributed by atoms with van der Waals surface area (Å²) in [6.07, 6.45) is 1.90. The van der Waals surface area contributed by atoms with Gasteiger partial charge >= 0.3 is 0 Å². The summed E-state index contributed by atoms with van der Waals surface area (Å²) in [7, 11) is 0. The van der Waals surface area contributed by atoms with Crippen molar-refractivity contribution in [2.24, 2.45) is 11.1 Å². The molecule has 126 valence electrons. The zero-order valence-electron chi connectivity index (χ0n) is 14.1. The Morgan fingerprint density at radius 2 is 2.26 bits per heavy atom. The monoisotopic (exact) mass is 320 g/mol. The Balaban J connectivity index is 1.94. The first-order chi connectivity index (χ1) is 11.0. The van der Waals surface area contributed by atoms with Crippen LogP contribution in [0.3, 0.4) is 0 Å². The lowest BCUT2D eigenvalue weighted by atomic mass is 10.0. The van der Waals surface area contributed by atoms with Gasteiger partial charge in [-0.25, -0.2) is 4.39 Å². The molecule has 0 unspecified atom stereocenters. The second kappa shape index (κ2) is 8.09. The highest BCUT2D eigenvalue weighted by Gasteiger charge is 2.26. The molecule has 0 saturated heterocycles. The van der Waals surface area contributed by atoms with Gasteiger partial charge < -0.3 is 9.74 Å². The third-order valence-electron chi connectivity index (χ3n) is 3.74. The van der Waals surface area contributed by atoms with Gasteiger partial charge in [0.1, 0.15) is 5.82 Å². The van der Waals surface area contributed by atoms with Crippen LogP contribution in [0.15, 0.2) is 29.4 Å². The average molecular weight is 320 g/mol. The van der Waals surface area contributed by atoms with Gasteiger partial charge in [-0.2, -0.15) is 0 Å². The van der Waals surface area contributed by atoms with Crippen molar-refractivity contribution in [3.8, 4) is 0 Å². The topological polar surface area (TPSA) is 41.9 Å². The lowest BCUT2D eigenvalue weighted by molar-refractivity contribution is -0.133. The summed E-state index contributed by atoms with van der Waals surface area (Å²) in [5.74, 6) is 0.212. The minimum absolute atomic E-state index is 0.157. The van der Waals surface area contributed by atoms with E-state index in [1.165, 1.54) is 12.1 Å². The van der Waals surface area contributed by atoms with Gasteiger partial charge in [-0.15, -0.1) is 0 Å². The minimum atomic E-state index is -0.284. The number of amides is 1. The first-order valence-corrected chi connectivity index (χ1v) is 8.26. The van der Waals surface area contributed by atoms with E-state index < -0.39 is 0 Å². The van der Waals surface area contributed by atoms with Crippen molar-refractivity contribution in [1.82, 2.24) is 4.90 Å². The summed E-state index contributed by atoms with van der Waals surface area (Å²) >= 11 is 0. The van der Waals surface area contributed by atoms with Crippen molar-refractivity contribution in [2.45, 2.75) is 46.1 Å². The predicted molar refractivity (Wildman–Crippen MR) is 88.8 cm³/mol. The van der Waals surface area contributed by atoms with Gasteiger partial charge in [0, 0.05) is 24.9 Å². The van der Waals surface area contributed by atoms with Crippen molar-refractivity contribution in [2.75, 3.05) is 13.1 Å². The molecule has 1 aromatic rings. The smallest absolute Gasteiger partial charge is 0.222 e. The number of hydrogen-bond acceptors (Lipinski definition) is 3. The van der Waals surface area contributed by atoms with Crippen LogP contribution in [-0.4, -0.2) is 35.7 Å². The highest BCUT2D eigenvalue weighted by atomic mass is 19.1. The molecular weight excluding hydrogens is 295 g/mol. The van der Waals surface area contributed by atoms with Crippen LogP contribution in [0.4, 0.5) is 4.39 Å². The molecule has 4 nitrogen and oxygen atoms in total. The molecule has 0 radical (unpaired) electrons. The molecule has 0 aliphatic carbocycles. The molecule has 0 N–H and O–H groups in total. The second-order valence-electron chi connectivity index (χ2n) is 6.42. The summed E-state index contributed by atoms with van der Waals surface area (Å²) in [5.41, 5.74) is 1.48. The molecule has 1 amide bonds. The maximum atomic E-state index is 13.3. The number of benzene rings is 1. The third kappa shape index (κ3) is 5.05.